The van der Waals surface area contributed by atoms with Gasteiger partial charge < -0.3 is 5.11 Å². The van der Waals surface area contributed by atoms with Gasteiger partial charge in [-0.05, 0) is 0 Å². The van der Waals surface area contributed by atoms with E-state index in [4.69, 9.17) is 9.90 Å². The minimum absolute atomic E-state index is 0.833. The molecule has 0 radical (unpaired) electrons. The fourth-order valence-corrected chi connectivity index (χ4v) is 5.98. The van der Waals surface area contributed by atoms with E-state index in [1.807, 2.05) is 0 Å². The normalized spacial score (nSPS) is 19.5. The summed E-state index contributed by atoms with van der Waals surface area (Å²) >= 11 is -2.61. The number of carbonyl (C=O) groups is 1. The summed E-state index contributed by atoms with van der Waals surface area (Å²) in [7, 11) is 0. The molecule has 2 nitrogen and oxygen atoms in total. The predicted molar refractivity (Wildman–Crippen MR) is 64.5 cm³/mol. The Bertz CT molecular complexity index is 310. The second-order valence-electron chi connectivity index (χ2n) is 5.90. The fraction of sp³-hybridized carbons (Fsp3) is 0.583. The maximum absolute atomic E-state index is 9.00. The molecule has 0 spiro atoms. The van der Waals surface area contributed by atoms with E-state index in [2.05, 4.69) is 45.4 Å². The second kappa shape index (κ2) is 3.57. The Balaban J connectivity index is 0.000000423. The summed E-state index contributed by atoms with van der Waals surface area (Å²) in [6, 6.07) is 0. The molecule has 93 valence electrons. The number of allylic oxidation sites excluding steroid dienone is 4. The molecule has 0 saturated carbocycles. The van der Waals surface area contributed by atoms with Crippen molar-refractivity contribution in [2.24, 2.45) is 0 Å². The molecule has 15 heavy (non-hydrogen) atoms. The zero-order valence-electron chi connectivity index (χ0n) is 10.6. The summed E-state index contributed by atoms with van der Waals surface area (Å²) in [4.78, 5) is 9.00. The first-order valence-electron chi connectivity index (χ1n) is 4.48. The third kappa shape index (κ3) is 6.64. The molecule has 1 N–H and O–H groups in total. The second-order valence-corrected chi connectivity index (χ2v) is 37.4. The van der Waals surface area contributed by atoms with Crippen molar-refractivity contribution in [1.82, 2.24) is 0 Å². The zero-order chi connectivity index (χ0) is 12.4. The summed E-state index contributed by atoms with van der Waals surface area (Å²) in [6.07, 6.45) is 7.98. The van der Waals surface area contributed by atoms with E-state index in [-0.39, 0.29) is 0 Å². The third-order valence-corrected chi connectivity index (χ3v) is 10.4. The van der Waals surface area contributed by atoms with E-state index in [0.717, 1.165) is 6.92 Å². The van der Waals surface area contributed by atoms with Crippen LogP contribution in [0.3, 0.4) is 0 Å². The zero-order valence-corrected chi connectivity index (χ0v) is 13.0. The molecule has 1 aliphatic carbocycles. The van der Waals surface area contributed by atoms with Crippen LogP contribution in [0.25, 0.3) is 0 Å². The Labute approximate surface area is 91.7 Å². The standard InChI is InChI=1S/C5H5.C2H4O2.5CH3.Ir/c1-2-4-5-3-1;1-2(3)4;;;;;;/h1-3H,4H2;1H3,(H,3,4);5*1H3;. The van der Waals surface area contributed by atoms with Gasteiger partial charge in [-0.1, -0.05) is 0 Å². The molecule has 0 aliphatic heterocycles. The molecule has 0 atom stereocenters. The van der Waals surface area contributed by atoms with Crippen LogP contribution in [0, 0.1) is 0 Å². The van der Waals surface area contributed by atoms with Gasteiger partial charge in [-0.15, -0.1) is 0 Å². The quantitative estimate of drug-likeness (QED) is 0.719. The van der Waals surface area contributed by atoms with Gasteiger partial charge in [-0.3, -0.25) is 4.79 Å². The molecule has 0 amide bonds. The molecule has 0 fully saturated rings. The van der Waals surface area contributed by atoms with E-state index in [1.165, 1.54) is 6.42 Å². The van der Waals surface area contributed by atoms with Crippen molar-refractivity contribution in [2.75, 3.05) is 0 Å². The predicted octanol–water partition coefficient (Wildman–Crippen LogP) is 4.39. The van der Waals surface area contributed by atoms with Crippen LogP contribution in [0.15, 0.2) is 22.3 Å². The first kappa shape index (κ1) is 14.6. The van der Waals surface area contributed by atoms with Crippen LogP contribution in [0.2, 0.25) is 27.2 Å². The molecule has 3 heteroatoms. The van der Waals surface area contributed by atoms with Crippen LogP contribution in [-0.4, -0.2) is 11.1 Å². The fourth-order valence-electron chi connectivity index (χ4n) is 1.03. The summed E-state index contributed by atoms with van der Waals surface area (Å²) in [5.41, 5.74) is 12.4. The summed E-state index contributed by atoms with van der Waals surface area (Å²) in [6.45, 7) is 1.08. The molecule has 0 bridgehead atoms. The average Bonchev–Trinajstić information content (AvgIpc) is 2.27. The van der Waals surface area contributed by atoms with E-state index >= 15 is 0 Å². The maximum atomic E-state index is 9.00. The van der Waals surface area contributed by atoms with Crippen LogP contribution in [0.5, 0.6) is 0 Å². The monoisotopic (exact) mass is 393 g/mol. The summed E-state index contributed by atoms with van der Waals surface area (Å²) in [5.74, 6) is -0.833. The molecular formula is C12H24IrO2. The molecule has 0 saturated heterocycles. The number of carboxylic acid groups (broad SMARTS) is 1. The van der Waals surface area contributed by atoms with Gasteiger partial charge in [0.2, 0.25) is 0 Å². The first-order chi connectivity index (χ1) is 6.33. The Morgan fingerprint density at radius 1 is 1.27 bits per heavy atom. The van der Waals surface area contributed by atoms with Crippen molar-refractivity contribution < 1.29 is 22.8 Å². The van der Waals surface area contributed by atoms with E-state index in [1.54, 1.807) is 4.09 Å². The Hall–Kier alpha value is -0.401. The van der Waals surface area contributed by atoms with Crippen LogP contribution < -0.4 is 0 Å². The van der Waals surface area contributed by atoms with Crippen LogP contribution in [0.4, 0.5) is 0 Å². The summed E-state index contributed by atoms with van der Waals surface area (Å²) < 4.78 is 1.70. The third-order valence-electron chi connectivity index (χ3n) is 1.78. The van der Waals surface area contributed by atoms with Crippen molar-refractivity contribution in [2.45, 2.75) is 40.5 Å². The molecule has 0 unspecified atom stereocenters. The van der Waals surface area contributed by atoms with Crippen LogP contribution in [-0.2, 0) is 17.7 Å². The number of carboxylic acids is 1. The number of hydrogen-bond donors (Lipinski definition) is 1. The SMILES string of the molecule is CC(=O)O.[CH3][Ir]([CH3])([CH3])([CH3])([CH3])[C]1=CC=CC1. The number of rotatable bonds is 1. The van der Waals surface area contributed by atoms with Crippen LogP contribution in [0.1, 0.15) is 13.3 Å². The van der Waals surface area contributed by atoms with E-state index in [0.29, 0.717) is 0 Å². The molecule has 1 rings (SSSR count). The number of hydrogen-bond acceptors (Lipinski definition) is 1. The topological polar surface area (TPSA) is 37.3 Å². The average molecular weight is 393 g/mol. The van der Waals surface area contributed by atoms with E-state index < -0.39 is 18.8 Å². The molecule has 0 heterocycles. The van der Waals surface area contributed by atoms with Crippen molar-refractivity contribution in [3.05, 3.63) is 22.3 Å². The summed E-state index contributed by atoms with van der Waals surface area (Å²) in [5, 5.41) is 7.42. The van der Waals surface area contributed by atoms with Crippen molar-refractivity contribution in [3.8, 4) is 0 Å². The van der Waals surface area contributed by atoms with Crippen molar-refractivity contribution in [3.63, 3.8) is 0 Å². The van der Waals surface area contributed by atoms with Gasteiger partial charge in [0.1, 0.15) is 0 Å². The molecule has 0 aromatic heterocycles. The van der Waals surface area contributed by atoms with Gasteiger partial charge in [0.25, 0.3) is 5.97 Å². The van der Waals surface area contributed by atoms with Crippen molar-refractivity contribution in [1.29, 1.82) is 0 Å². The van der Waals surface area contributed by atoms with E-state index in [9.17, 15) is 0 Å². The van der Waals surface area contributed by atoms with Gasteiger partial charge in [-0.25, -0.2) is 0 Å². The number of aliphatic carboxylic acids is 1. The van der Waals surface area contributed by atoms with Crippen LogP contribution >= 0.6 is 0 Å². The molecule has 1 aliphatic rings. The van der Waals surface area contributed by atoms with Gasteiger partial charge in [0.05, 0.1) is 0 Å². The van der Waals surface area contributed by atoms with Gasteiger partial charge in [0.15, 0.2) is 0 Å². The molecular weight excluding hydrogens is 368 g/mol. The Morgan fingerprint density at radius 3 is 1.80 bits per heavy atom. The molecule has 0 aromatic rings. The van der Waals surface area contributed by atoms with Gasteiger partial charge in [-0.2, -0.15) is 0 Å². The molecule has 0 aromatic carbocycles. The van der Waals surface area contributed by atoms with Gasteiger partial charge >= 0.3 is 68.8 Å². The van der Waals surface area contributed by atoms with Gasteiger partial charge in [0, 0.05) is 6.92 Å². The minimum atomic E-state index is -2.61. The first-order valence-corrected chi connectivity index (χ1v) is 17.7. The Morgan fingerprint density at radius 2 is 1.67 bits per heavy atom. The van der Waals surface area contributed by atoms with Crippen molar-refractivity contribution >= 4 is 5.97 Å². The Kier molecular flexibility index (Phi) is 3.47.